The Morgan fingerprint density at radius 1 is 0.960 bits per heavy atom. The highest BCUT2D eigenvalue weighted by molar-refractivity contribution is 5.94. The fraction of sp³-hybridized carbons (Fsp3) is 0.176. The highest BCUT2D eigenvalue weighted by atomic mass is 19.4. The van der Waals surface area contributed by atoms with Gasteiger partial charge in [-0.1, -0.05) is 24.3 Å². The summed E-state index contributed by atoms with van der Waals surface area (Å²) in [5, 5.41) is 4.54. The van der Waals surface area contributed by atoms with Gasteiger partial charge in [0.15, 0.2) is 0 Å². The molecule has 0 atom stereocenters. The molecule has 0 bridgehead atoms. The second kappa shape index (κ2) is 7.78. The minimum Gasteiger partial charge on any atom is -0.347 e. The van der Waals surface area contributed by atoms with Crippen LogP contribution < -0.4 is 10.6 Å². The first-order chi connectivity index (χ1) is 11.8. The fourth-order valence-electron chi connectivity index (χ4n) is 2.03. The number of hydrogen-bond donors (Lipinski definition) is 2. The molecular formula is C17H14F4N2O2. The quantitative estimate of drug-likeness (QED) is 0.811. The highest BCUT2D eigenvalue weighted by Crippen LogP contribution is 2.30. The molecule has 0 saturated carbocycles. The first kappa shape index (κ1) is 18.4. The van der Waals surface area contributed by atoms with E-state index in [9.17, 15) is 27.2 Å². The molecule has 132 valence electrons. The summed E-state index contributed by atoms with van der Waals surface area (Å²) in [4.78, 5) is 23.4. The maximum Gasteiger partial charge on any atom is 0.416 e. The van der Waals surface area contributed by atoms with Crippen LogP contribution in [0.4, 0.5) is 23.2 Å². The summed E-state index contributed by atoms with van der Waals surface area (Å²) in [5.74, 6) is -1.81. The van der Waals surface area contributed by atoms with Crippen molar-refractivity contribution >= 4 is 17.5 Å². The lowest BCUT2D eigenvalue weighted by atomic mass is 10.1. The Labute approximate surface area is 140 Å². The molecule has 0 radical (unpaired) electrons. The van der Waals surface area contributed by atoms with Crippen molar-refractivity contribution in [2.24, 2.45) is 0 Å². The molecule has 2 aromatic rings. The minimum atomic E-state index is -4.52. The van der Waals surface area contributed by atoms with Crippen molar-refractivity contribution in [2.45, 2.75) is 12.6 Å². The summed E-state index contributed by atoms with van der Waals surface area (Å²) in [6, 6.07) is 9.85. The van der Waals surface area contributed by atoms with Gasteiger partial charge in [-0.2, -0.15) is 13.2 Å². The number of hydrogen-bond acceptors (Lipinski definition) is 2. The molecule has 2 amide bonds. The van der Waals surface area contributed by atoms with E-state index < -0.39 is 35.9 Å². The molecule has 0 heterocycles. The lowest BCUT2D eigenvalue weighted by molar-refractivity contribution is -0.137. The summed E-state index contributed by atoms with van der Waals surface area (Å²) in [5.41, 5.74) is -0.754. The van der Waals surface area contributed by atoms with Gasteiger partial charge >= 0.3 is 6.18 Å². The number of halogens is 4. The SMILES string of the molecule is O=C(Cc1ccccc1F)NCC(=O)Nc1cccc(C(F)(F)F)c1. The van der Waals surface area contributed by atoms with Gasteiger partial charge in [0.05, 0.1) is 18.5 Å². The van der Waals surface area contributed by atoms with Gasteiger partial charge in [0.1, 0.15) is 5.82 Å². The van der Waals surface area contributed by atoms with Crippen molar-refractivity contribution in [3.63, 3.8) is 0 Å². The lowest BCUT2D eigenvalue weighted by Gasteiger charge is -2.10. The van der Waals surface area contributed by atoms with E-state index in [1.807, 2.05) is 0 Å². The molecule has 0 aromatic heterocycles. The van der Waals surface area contributed by atoms with E-state index in [0.717, 1.165) is 18.2 Å². The number of amides is 2. The smallest absolute Gasteiger partial charge is 0.347 e. The largest absolute Gasteiger partial charge is 0.416 e. The van der Waals surface area contributed by atoms with E-state index in [0.29, 0.717) is 0 Å². The Morgan fingerprint density at radius 3 is 2.36 bits per heavy atom. The van der Waals surface area contributed by atoms with Crippen molar-refractivity contribution < 1.29 is 27.2 Å². The molecule has 2 aromatic carbocycles. The fourth-order valence-corrected chi connectivity index (χ4v) is 2.03. The number of benzene rings is 2. The first-order valence-electron chi connectivity index (χ1n) is 7.23. The zero-order chi connectivity index (χ0) is 18.4. The van der Waals surface area contributed by atoms with Crippen LogP contribution in [0.1, 0.15) is 11.1 Å². The number of nitrogens with one attached hydrogen (secondary N) is 2. The van der Waals surface area contributed by atoms with Gasteiger partial charge in [0, 0.05) is 5.69 Å². The van der Waals surface area contributed by atoms with Gasteiger partial charge in [0.25, 0.3) is 0 Å². The molecule has 2 N–H and O–H groups in total. The van der Waals surface area contributed by atoms with Gasteiger partial charge < -0.3 is 10.6 Å². The Balaban J connectivity index is 1.87. The average Bonchev–Trinajstić information content (AvgIpc) is 2.55. The molecule has 2 rings (SSSR count). The van der Waals surface area contributed by atoms with E-state index >= 15 is 0 Å². The normalized spacial score (nSPS) is 11.0. The van der Waals surface area contributed by atoms with E-state index in [4.69, 9.17) is 0 Å². The third kappa shape index (κ3) is 5.59. The molecule has 0 aliphatic heterocycles. The van der Waals surface area contributed by atoms with Crippen LogP contribution >= 0.6 is 0 Å². The molecule has 25 heavy (non-hydrogen) atoms. The maximum absolute atomic E-state index is 13.4. The van der Waals surface area contributed by atoms with Gasteiger partial charge in [-0.15, -0.1) is 0 Å². The predicted molar refractivity (Wildman–Crippen MR) is 83.2 cm³/mol. The number of carbonyl (C=O) groups excluding carboxylic acids is 2. The Bertz CT molecular complexity index is 775. The number of anilines is 1. The zero-order valence-electron chi connectivity index (χ0n) is 12.9. The van der Waals surface area contributed by atoms with Crippen LogP contribution in [0.15, 0.2) is 48.5 Å². The molecule has 0 spiro atoms. The van der Waals surface area contributed by atoms with Gasteiger partial charge in [-0.3, -0.25) is 9.59 Å². The van der Waals surface area contributed by atoms with E-state index in [1.165, 1.54) is 24.3 Å². The van der Waals surface area contributed by atoms with Crippen LogP contribution in [-0.2, 0) is 22.2 Å². The predicted octanol–water partition coefficient (Wildman–Crippen LogP) is 3.14. The number of alkyl halides is 3. The van der Waals surface area contributed by atoms with Crippen LogP contribution in [0, 0.1) is 5.82 Å². The van der Waals surface area contributed by atoms with Crippen molar-refractivity contribution in [2.75, 3.05) is 11.9 Å². The molecule has 0 aliphatic rings. The molecule has 0 aliphatic carbocycles. The highest BCUT2D eigenvalue weighted by Gasteiger charge is 2.30. The van der Waals surface area contributed by atoms with Gasteiger partial charge in [0.2, 0.25) is 11.8 Å². The number of carbonyl (C=O) groups is 2. The average molecular weight is 354 g/mol. The zero-order valence-corrected chi connectivity index (χ0v) is 12.9. The third-order valence-electron chi connectivity index (χ3n) is 3.23. The maximum atomic E-state index is 13.4. The van der Waals surface area contributed by atoms with E-state index in [2.05, 4.69) is 10.6 Å². The Hall–Kier alpha value is -2.90. The van der Waals surface area contributed by atoms with Gasteiger partial charge in [-0.05, 0) is 29.8 Å². The summed E-state index contributed by atoms with van der Waals surface area (Å²) in [7, 11) is 0. The second-order valence-corrected chi connectivity index (χ2v) is 5.17. The van der Waals surface area contributed by atoms with E-state index in [-0.39, 0.29) is 17.7 Å². The van der Waals surface area contributed by atoms with Crippen LogP contribution in [0.5, 0.6) is 0 Å². The van der Waals surface area contributed by atoms with Crippen molar-refractivity contribution in [1.82, 2.24) is 5.32 Å². The van der Waals surface area contributed by atoms with Crippen molar-refractivity contribution in [3.05, 3.63) is 65.5 Å². The minimum absolute atomic E-state index is 0.0387. The molecule has 8 heteroatoms. The monoisotopic (exact) mass is 354 g/mol. The van der Waals surface area contributed by atoms with Crippen LogP contribution in [0.3, 0.4) is 0 Å². The Kier molecular flexibility index (Phi) is 5.74. The number of rotatable bonds is 5. The molecule has 4 nitrogen and oxygen atoms in total. The topological polar surface area (TPSA) is 58.2 Å². The first-order valence-corrected chi connectivity index (χ1v) is 7.23. The molecule has 0 saturated heterocycles. The molecular weight excluding hydrogens is 340 g/mol. The van der Waals surface area contributed by atoms with Crippen molar-refractivity contribution in [3.8, 4) is 0 Å². The summed E-state index contributed by atoms with van der Waals surface area (Å²) >= 11 is 0. The molecule has 0 fully saturated rings. The second-order valence-electron chi connectivity index (χ2n) is 5.17. The van der Waals surface area contributed by atoms with Crippen LogP contribution in [0.2, 0.25) is 0 Å². The standard InChI is InChI=1S/C17H14F4N2O2/c18-14-7-2-1-4-11(14)8-15(24)22-10-16(25)23-13-6-3-5-12(9-13)17(19,20)21/h1-7,9H,8,10H2,(H,22,24)(H,23,25). The van der Waals surface area contributed by atoms with Crippen molar-refractivity contribution in [1.29, 1.82) is 0 Å². The third-order valence-corrected chi connectivity index (χ3v) is 3.23. The van der Waals surface area contributed by atoms with Crippen LogP contribution in [-0.4, -0.2) is 18.4 Å². The molecule has 0 unspecified atom stereocenters. The summed E-state index contributed by atoms with van der Waals surface area (Å²) in [6.45, 7) is -0.441. The Morgan fingerprint density at radius 2 is 1.68 bits per heavy atom. The van der Waals surface area contributed by atoms with Crippen LogP contribution in [0.25, 0.3) is 0 Å². The van der Waals surface area contributed by atoms with Gasteiger partial charge in [-0.25, -0.2) is 4.39 Å². The summed E-state index contributed by atoms with van der Waals surface area (Å²) in [6.07, 6.45) is -4.77. The van der Waals surface area contributed by atoms with E-state index in [1.54, 1.807) is 6.07 Å². The lowest BCUT2D eigenvalue weighted by Crippen LogP contribution is -2.34. The summed E-state index contributed by atoms with van der Waals surface area (Å²) < 4.78 is 51.2.